The summed E-state index contributed by atoms with van der Waals surface area (Å²) in [4.78, 5) is 46.0. The third kappa shape index (κ3) is 2.71. The Hall–Kier alpha value is -2.71. The van der Waals surface area contributed by atoms with E-state index in [2.05, 4.69) is 21.4 Å². The summed E-state index contributed by atoms with van der Waals surface area (Å²) in [5.74, 6) is 0.102. The summed E-state index contributed by atoms with van der Waals surface area (Å²) < 4.78 is 0. The van der Waals surface area contributed by atoms with Crippen molar-refractivity contribution >= 4 is 34.3 Å². The summed E-state index contributed by atoms with van der Waals surface area (Å²) in [7, 11) is 0. The predicted molar refractivity (Wildman–Crippen MR) is 111 cm³/mol. The molecule has 5 rings (SSSR count). The lowest BCUT2D eigenvalue weighted by Gasteiger charge is -2.34. The fraction of sp³-hybridized carbons (Fsp3) is 0.250. The molecule has 28 heavy (non-hydrogen) atoms. The summed E-state index contributed by atoms with van der Waals surface area (Å²) in [6.07, 6.45) is 1.11. The van der Waals surface area contributed by atoms with Gasteiger partial charge in [-0.25, -0.2) is 4.79 Å². The lowest BCUT2D eigenvalue weighted by molar-refractivity contribution is -0.116. The normalized spacial score (nSPS) is 21.2. The minimum atomic E-state index is -0.557. The Morgan fingerprint density at radius 2 is 1.89 bits per heavy atom. The van der Waals surface area contributed by atoms with E-state index in [1.165, 1.54) is 4.88 Å². The third-order valence-corrected chi connectivity index (χ3v) is 7.43. The average Bonchev–Trinajstić information content (AvgIpc) is 3.31. The molecule has 2 aliphatic rings. The van der Waals surface area contributed by atoms with Crippen LogP contribution in [0.3, 0.4) is 0 Å². The van der Waals surface area contributed by atoms with Crippen molar-refractivity contribution in [2.24, 2.45) is 0 Å². The Kier molecular flexibility index (Phi) is 3.99. The molecule has 3 N–H and O–H groups in total. The van der Waals surface area contributed by atoms with Crippen LogP contribution >= 0.6 is 22.7 Å². The SMILES string of the molecule is Cc1ccc([C@@H]2C3=C(C[C@@H](c4cccs4)CC3=O)Nc3[nH]c(=O)[nH]c(=O)c32)s1. The number of rotatable bonds is 2. The van der Waals surface area contributed by atoms with Crippen molar-refractivity contribution < 1.29 is 4.79 Å². The number of hydrogen-bond acceptors (Lipinski definition) is 6. The zero-order chi connectivity index (χ0) is 19.4. The van der Waals surface area contributed by atoms with Gasteiger partial charge in [-0.2, -0.15) is 0 Å². The number of carbonyl (C=O) groups excluding carboxylic acids is 1. The van der Waals surface area contributed by atoms with E-state index in [1.54, 1.807) is 22.7 Å². The lowest BCUT2D eigenvalue weighted by atomic mass is 9.75. The van der Waals surface area contributed by atoms with Crippen LogP contribution in [0.5, 0.6) is 0 Å². The van der Waals surface area contributed by atoms with E-state index < -0.39 is 17.2 Å². The number of aryl methyl sites for hydroxylation is 1. The molecule has 0 saturated heterocycles. The monoisotopic (exact) mass is 411 g/mol. The molecule has 3 aromatic heterocycles. The third-order valence-electron chi connectivity index (χ3n) is 5.33. The van der Waals surface area contributed by atoms with Crippen molar-refractivity contribution in [2.75, 3.05) is 5.32 Å². The maximum absolute atomic E-state index is 13.2. The molecule has 142 valence electrons. The van der Waals surface area contributed by atoms with Crippen LogP contribution in [-0.4, -0.2) is 15.8 Å². The molecule has 0 unspecified atom stereocenters. The van der Waals surface area contributed by atoms with E-state index in [0.717, 1.165) is 15.5 Å². The fourth-order valence-electron chi connectivity index (χ4n) is 4.17. The predicted octanol–water partition coefficient (Wildman–Crippen LogP) is 3.45. The minimum Gasteiger partial charge on any atom is -0.344 e. The lowest BCUT2D eigenvalue weighted by Crippen LogP contribution is -2.36. The van der Waals surface area contributed by atoms with Gasteiger partial charge in [-0.05, 0) is 36.9 Å². The topological polar surface area (TPSA) is 94.8 Å². The second kappa shape index (κ2) is 6.42. The molecule has 0 saturated carbocycles. The number of aromatic amines is 2. The summed E-state index contributed by atoms with van der Waals surface area (Å²) in [5, 5.41) is 5.22. The van der Waals surface area contributed by atoms with Crippen molar-refractivity contribution in [3.05, 3.63) is 81.9 Å². The number of anilines is 1. The first kappa shape index (κ1) is 17.4. The van der Waals surface area contributed by atoms with Crippen LogP contribution in [0.4, 0.5) is 5.82 Å². The number of H-pyrrole nitrogens is 2. The molecule has 2 atom stereocenters. The molecule has 1 aliphatic carbocycles. The number of aromatic nitrogens is 2. The van der Waals surface area contributed by atoms with Gasteiger partial charge in [-0.15, -0.1) is 22.7 Å². The first-order chi connectivity index (χ1) is 13.5. The summed E-state index contributed by atoms with van der Waals surface area (Å²) in [6, 6.07) is 8.00. The molecule has 0 spiro atoms. The van der Waals surface area contributed by atoms with E-state index in [1.807, 2.05) is 30.5 Å². The van der Waals surface area contributed by atoms with Gasteiger partial charge in [-0.1, -0.05) is 6.07 Å². The van der Waals surface area contributed by atoms with Crippen molar-refractivity contribution in [1.82, 2.24) is 9.97 Å². The van der Waals surface area contributed by atoms with Gasteiger partial charge in [0.15, 0.2) is 5.78 Å². The van der Waals surface area contributed by atoms with Crippen LogP contribution in [0.2, 0.25) is 0 Å². The van der Waals surface area contributed by atoms with E-state index in [0.29, 0.717) is 29.8 Å². The Labute approximate surface area is 168 Å². The first-order valence-corrected chi connectivity index (χ1v) is 10.7. The Morgan fingerprint density at radius 1 is 1.04 bits per heavy atom. The molecular formula is C20H17N3O3S2. The van der Waals surface area contributed by atoms with Crippen molar-refractivity contribution in [3.8, 4) is 0 Å². The zero-order valence-corrected chi connectivity index (χ0v) is 16.6. The van der Waals surface area contributed by atoms with E-state index in [9.17, 15) is 14.4 Å². The molecule has 8 heteroatoms. The van der Waals surface area contributed by atoms with E-state index in [4.69, 9.17) is 0 Å². The van der Waals surface area contributed by atoms with Crippen LogP contribution in [0.1, 0.15) is 44.9 Å². The number of thiophene rings is 2. The van der Waals surface area contributed by atoms with Crippen LogP contribution in [-0.2, 0) is 4.79 Å². The largest absolute Gasteiger partial charge is 0.344 e. The summed E-state index contributed by atoms with van der Waals surface area (Å²) >= 11 is 3.22. The van der Waals surface area contributed by atoms with Crippen LogP contribution in [0, 0.1) is 6.92 Å². The van der Waals surface area contributed by atoms with Crippen LogP contribution in [0.25, 0.3) is 0 Å². The highest BCUT2D eigenvalue weighted by atomic mass is 32.1. The van der Waals surface area contributed by atoms with Gasteiger partial charge >= 0.3 is 5.69 Å². The highest BCUT2D eigenvalue weighted by molar-refractivity contribution is 7.12. The second-order valence-corrected chi connectivity index (χ2v) is 9.44. The Morgan fingerprint density at radius 3 is 2.61 bits per heavy atom. The second-order valence-electron chi connectivity index (χ2n) is 7.14. The number of fused-ring (bicyclic) bond motifs is 1. The highest BCUT2D eigenvalue weighted by Crippen LogP contribution is 2.47. The molecule has 3 aromatic rings. The van der Waals surface area contributed by atoms with Gasteiger partial charge in [0.1, 0.15) is 5.82 Å². The number of allylic oxidation sites excluding steroid dienone is 2. The molecule has 0 amide bonds. The molecule has 6 nitrogen and oxygen atoms in total. The Balaban J connectivity index is 1.70. The first-order valence-electron chi connectivity index (χ1n) is 9.00. The summed E-state index contributed by atoms with van der Waals surface area (Å²) in [6.45, 7) is 2.00. The highest BCUT2D eigenvalue weighted by Gasteiger charge is 2.40. The van der Waals surface area contributed by atoms with Gasteiger partial charge in [0.05, 0.1) is 11.5 Å². The number of Topliss-reactive ketones (excluding diaryl/α,β-unsaturated/α-hetero) is 1. The molecular weight excluding hydrogens is 394 g/mol. The maximum atomic E-state index is 13.2. The molecule has 0 aromatic carbocycles. The van der Waals surface area contributed by atoms with Crippen molar-refractivity contribution in [3.63, 3.8) is 0 Å². The van der Waals surface area contributed by atoms with E-state index >= 15 is 0 Å². The van der Waals surface area contributed by atoms with Crippen molar-refractivity contribution in [1.29, 1.82) is 0 Å². The number of hydrogen-bond donors (Lipinski definition) is 3. The average molecular weight is 412 g/mol. The number of ketones is 1. The van der Waals surface area contributed by atoms with Crippen LogP contribution < -0.4 is 16.6 Å². The fourth-order valence-corrected chi connectivity index (χ4v) is 6.00. The smallest absolute Gasteiger partial charge is 0.327 e. The summed E-state index contributed by atoms with van der Waals surface area (Å²) in [5.41, 5.74) is 0.850. The van der Waals surface area contributed by atoms with Gasteiger partial charge in [0, 0.05) is 38.2 Å². The van der Waals surface area contributed by atoms with Gasteiger partial charge in [0.2, 0.25) is 0 Å². The molecule has 4 heterocycles. The Bertz CT molecular complexity index is 1230. The van der Waals surface area contributed by atoms with Crippen LogP contribution in [0.15, 0.2) is 50.5 Å². The zero-order valence-electron chi connectivity index (χ0n) is 15.0. The molecule has 0 fully saturated rings. The van der Waals surface area contributed by atoms with Gasteiger partial charge in [-0.3, -0.25) is 19.6 Å². The van der Waals surface area contributed by atoms with E-state index in [-0.39, 0.29) is 11.7 Å². The molecule has 0 bridgehead atoms. The molecule has 0 radical (unpaired) electrons. The quantitative estimate of drug-likeness (QED) is 0.602. The van der Waals surface area contributed by atoms with Gasteiger partial charge < -0.3 is 5.32 Å². The number of nitrogens with one attached hydrogen (secondary N) is 3. The number of carbonyl (C=O) groups is 1. The van der Waals surface area contributed by atoms with Crippen molar-refractivity contribution in [2.45, 2.75) is 31.6 Å². The van der Waals surface area contributed by atoms with Gasteiger partial charge in [0.25, 0.3) is 5.56 Å². The minimum absolute atomic E-state index is 0.0550. The standard InChI is InChI=1S/C20H17N3O3S2/c1-9-4-5-14(28-9)16-15-11(21-18-17(16)19(25)23-20(26)22-18)7-10(8-12(15)24)13-3-2-6-27-13/h2-6,10,16H,7-8H2,1H3,(H3,21,22,23,25,26)/t10-,16-/m1/s1. The maximum Gasteiger partial charge on any atom is 0.327 e. The molecule has 1 aliphatic heterocycles.